The lowest BCUT2D eigenvalue weighted by Crippen LogP contribution is -2.46. The number of rotatable bonds is 6. The summed E-state index contributed by atoms with van der Waals surface area (Å²) in [5, 5.41) is 5.82. The Kier molecular flexibility index (Phi) is 7.69. The molecule has 7 nitrogen and oxygen atoms in total. The zero-order chi connectivity index (χ0) is 22.7. The number of anilines is 1. The lowest BCUT2D eigenvalue weighted by Gasteiger charge is -2.31. The molecule has 3 N–H and O–H groups in total. The molecular formula is C22H35N3O4S. The topological polar surface area (TPSA) is 104 Å². The van der Waals surface area contributed by atoms with E-state index in [9.17, 15) is 18.0 Å². The molecule has 1 fully saturated rings. The van der Waals surface area contributed by atoms with Gasteiger partial charge in [-0.1, -0.05) is 0 Å². The highest BCUT2D eigenvalue weighted by Crippen LogP contribution is 2.28. The van der Waals surface area contributed by atoms with Crippen molar-refractivity contribution >= 4 is 27.5 Å². The van der Waals surface area contributed by atoms with Crippen LogP contribution in [0.1, 0.15) is 76.2 Å². The van der Waals surface area contributed by atoms with Crippen molar-refractivity contribution in [3.8, 4) is 0 Å². The largest absolute Gasteiger partial charge is 0.350 e. The Morgan fingerprint density at radius 2 is 1.67 bits per heavy atom. The zero-order valence-corrected chi connectivity index (χ0v) is 19.7. The summed E-state index contributed by atoms with van der Waals surface area (Å²) in [6, 6.07) is 5.16. The lowest BCUT2D eigenvalue weighted by atomic mass is 9.86. The summed E-state index contributed by atoms with van der Waals surface area (Å²) in [6.07, 6.45) is 2.55. The lowest BCUT2D eigenvalue weighted by molar-refractivity contribution is -0.120. The van der Waals surface area contributed by atoms with Crippen molar-refractivity contribution in [2.75, 3.05) is 5.32 Å². The molecule has 0 bridgehead atoms. The van der Waals surface area contributed by atoms with Gasteiger partial charge in [0.25, 0.3) is 5.91 Å². The van der Waals surface area contributed by atoms with Crippen LogP contribution < -0.4 is 15.4 Å². The van der Waals surface area contributed by atoms with Crippen LogP contribution in [0.25, 0.3) is 0 Å². The van der Waals surface area contributed by atoms with E-state index >= 15 is 0 Å². The number of hydrogen-bond donors (Lipinski definition) is 3. The average molecular weight is 438 g/mol. The van der Waals surface area contributed by atoms with Gasteiger partial charge in [0.2, 0.25) is 15.9 Å². The zero-order valence-electron chi connectivity index (χ0n) is 18.8. The molecule has 0 aliphatic heterocycles. The van der Waals surface area contributed by atoms with E-state index in [1.54, 1.807) is 39.0 Å². The van der Waals surface area contributed by atoms with Gasteiger partial charge in [0, 0.05) is 29.3 Å². The third kappa shape index (κ3) is 6.28. The Hall–Kier alpha value is -1.93. The van der Waals surface area contributed by atoms with Gasteiger partial charge in [-0.25, -0.2) is 13.1 Å². The van der Waals surface area contributed by atoms with Gasteiger partial charge in [-0.2, -0.15) is 0 Å². The molecule has 0 radical (unpaired) electrons. The van der Waals surface area contributed by atoms with Crippen molar-refractivity contribution in [3.05, 3.63) is 29.3 Å². The second kappa shape index (κ2) is 9.47. The highest BCUT2D eigenvalue weighted by Gasteiger charge is 2.34. The molecular weight excluding hydrogens is 402 g/mol. The minimum Gasteiger partial charge on any atom is -0.350 e. The molecule has 1 aliphatic carbocycles. The number of benzene rings is 1. The predicted octanol–water partition coefficient (Wildman–Crippen LogP) is 3.35. The summed E-state index contributed by atoms with van der Waals surface area (Å²) in [5.74, 6) is -0.347. The van der Waals surface area contributed by atoms with Crippen molar-refractivity contribution in [2.45, 2.75) is 84.1 Å². The van der Waals surface area contributed by atoms with Gasteiger partial charge in [0.05, 0.1) is 4.75 Å². The fourth-order valence-corrected chi connectivity index (χ4v) is 4.42. The van der Waals surface area contributed by atoms with Gasteiger partial charge in [-0.15, -0.1) is 0 Å². The van der Waals surface area contributed by atoms with E-state index in [0.717, 1.165) is 5.56 Å². The highest BCUT2D eigenvalue weighted by atomic mass is 32.2. The first kappa shape index (κ1) is 24.3. The van der Waals surface area contributed by atoms with E-state index in [1.165, 1.54) is 0 Å². The SMILES string of the molecule is Cc1cc(C(=O)NC(C)C)ccc1NC(=O)C1CCC(NS(=O)(=O)C(C)(C)C)CC1. The Balaban J connectivity index is 1.93. The molecule has 30 heavy (non-hydrogen) atoms. The molecule has 0 saturated heterocycles. The van der Waals surface area contributed by atoms with Crippen LogP contribution in [-0.4, -0.2) is 37.1 Å². The van der Waals surface area contributed by atoms with Gasteiger partial charge in [0.1, 0.15) is 0 Å². The first-order valence-corrected chi connectivity index (χ1v) is 12.0. The monoisotopic (exact) mass is 437 g/mol. The first-order valence-electron chi connectivity index (χ1n) is 10.5. The predicted molar refractivity (Wildman–Crippen MR) is 120 cm³/mol. The van der Waals surface area contributed by atoms with E-state index in [-0.39, 0.29) is 29.8 Å². The van der Waals surface area contributed by atoms with E-state index in [4.69, 9.17) is 0 Å². The fraction of sp³-hybridized carbons (Fsp3) is 0.636. The number of sulfonamides is 1. The van der Waals surface area contributed by atoms with E-state index in [2.05, 4.69) is 15.4 Å². The molecule has 0 unspecified atom stereocenters. The number of nitrogens with one attached hydrogen (secondary N) is 3. The quantitative estimate of drug-likeness (QED) is 0.635. The van der Waals surface area contributed by atoms with Crippen molar-refractivity contribution in [2.24, 2.45) is 5.92 Å². The Morgan fingerprint density at radius 1 is 1.07 bits per heavy atom. The van der Waals surface area contributed by atoms with Crippen LogP contribution in [0.5, 0.6) is 0 Å². The van der Waals surface area contributed by atoms with Crippen molar-refractivity contribution in [1.82, 2.24) is 10.0 Å². The van der Waals surface area contributed by atoms with Gasteiger partial charge in [-0.05, 0) is 91.0 Å². The third-order valence-corrected chi connectivity index (χ3v) is 7.65. The molecule has 0 atom stereocenters. The molecule has 2 rings (SSSR count). The molecule has 1 aromatic rings. The summed E-state index contributed by atoms with van der Waals surface area (Å²) in [4.78, 5) is 24.8. The molecule has 1 aliphatic rings. The minimum absolute atomic E-state index is 0.0557. The van der Waals surface area contributed by atoms with Gasteiger partial charge >= 0.3 is 0 Å². The van der Waals surface area contributed by atoms with Crippen LogP contribution in [-0.2, 0) is 14.8 Å². The maximum atomic E-state index is 12.7. The molecule has 0 heterocycles. The summed E-state index contributed by atoms with van der Waals surface area (Å²) >= 11 is 0. The van der Waals surface area contributed by atoms with Crippen molar-refractivity contribution in [3.63, 3.8) is 0 Å². The van der Waals surface area contributed by atoms with Crippen LogP contribution in [0.3, 0.4) is 0 Å². The first-order chi connectivity index (χ1) is 13.8. The second-order valence-corrected chi connectivity index (χ2v) is 11.9. The molecule has 0 spiro atoms. The molecule has 1 saturated carbocycles. The normalized spacial score (nSPS) is 20.1. The molecule has 8 heteroatoms. The van der Waals surface area contributed by atoms with Crippen LogP contribution in [0.4, 0.5) is 5.69 Å². The number of carbonyl (C=O) groups excluding carboxylic acids is 2. The Bertz CT molecular complexity index is 880. The highest BCUT2D eigenvalue weighted by molar-refractivity contribution is 7.90. The van der Waals surface area contributed by atoms with Gasteiger partial charge in [0.15, 0.2) is 0 Å². The number of amides is 2. The summed E-state index contributed by atoms with van der Waals surface area (Å²) in [7, 11) is -3.39. The van der Waals surface area contributed by atoms with Crippen LogP contribution >= 0.6 is 0 Å². The van der Waals surface area contributed by atoms with Crippen molar-refractivity contribution in [1.29, 1.82) is 0 Å². The standard InChI is InChI=1S/C22H35N3O4S/c1-14(2)23-21(27)17-9-12-19(15(3)13-17)24-20(26)16-7-10-18(11-8-16)25-30(28,29)22(4,5)6/h9,12-14,16,18,25H,7-8,10-11H2,1-6H3,(H,23,27)(H,24,26). The maximum Gasteiger partial charge on any atom is 0.251 e. The summed E-state index contributed by atoms with van der Waals surface area (Å²) < 4.78 is 26.6. The Morgan fingerprint density at radius 3 is 2.17 bits per heavy atom. The van der Waals surface area contributed by atoms with Gasteiger partial charge in [-0.3, -0.25) is 9.59 Å². The van der Waals surface area contributed by atoms with Crippen LogP contribution in [0.2, 0.25) is 0 Å². The summed E-state index contributed by atoms with van der Waals surface area (Å²) in [5.41, 5.74) is 2.08. The van der Waals surface area contributed by atoms with E-state index < -0.39 is 14.8 Å². The maximum absolute atomic E-state index is 12.7. The van der Waals surface area contributed by atoms with Gasteiger partial charge < -0.3 is 10.6 Å². The average Bonchev–Trinajstić information content (AvgIpc) is 2.62. The van der Waals surface area contributed by atoms with Crippen LogP contribution in [0.15, 0.2) is 18.2 Å². The van der Waals surface area contributed by atoms with E-state index in [0.29, 0.717) is 36.9 Å². The molecule has 1 aromatic carbocycles. The smallest absolute Gasteiger partial charge is 0.251 e. The number of aryl methyl sites for hydroxylation is 1. The second-order valence-electron chi connectivity index (χ2n) is 9.43. The number of carbonyl (C=O) groups is 2. The van der Waals surface area contributed by atoms with E-state index in [1.807, 2.05) is 20.8 Å². The Labute approximate surface area is 180 Å². The molecule has 2 amide bonds. The molecule has 168 valence electrons. The third-order valence-electron chi connectivity index (χ3n) is 5.39. The number of hydrogen-bond acceptors (Lipinski definition) is 4. The molecule has 0 aromatic heterocycles. The summed E-state index contributed by atoms with van der Waals surface area (Å²) in [6.45, 7) is 10.7. The van der Waals surface area contributed by atoms with Crippen LogP contribution in [0, 0.1) is 12.8 Å². The fourth-order valence-electron chi connectivity index (χ4n) is 3.40. The van der Waals surface area contributed by atoms with Crippen molar-refractivity contribution < 1.29 is 18.0 Å². The minimum atomic E-state index is -3.39.